The third-order valence-electron chi connectivity index (χ3n) is 2.86. The molecule has 1 amide bonds. The minimum Gasteiger partial charge on any atom is -0.494 e. The second kappa shape index (κ2) is 7.80. The van der Waals surface area contributed by atoms with E-state index in [0.29, 0.717) is 0 Å². The Hall–Kier alpha value is -2.31. The van der Waals surface area contributed by atoms with E-state index in [1.165, 1.54) is 26.4 Å². The Kier molecular flexibility index (Phi) is 6.36. The second-order valence-electron chi connectivity index (χ2n) is 5.86. The zero-order valence-corrected chi connectivity index (χ0v) is 13.9. The lowest BCUT2D eigenvalue weighted by molar-refractivity contribution is -0.143. The molecule has 6 nitrogen and oxygen atoms in total. The SMILES string of the molecule is COC(=O)C(Cc1cccc(OC)c1[18F])NC(=O)OC(C)(C)C. The molecule has 0 aliphatic heterocycles. The molecule has 1 aromatic carbocycles. The molecule has 0 saturated heterocycles. The summed E-state index contributed by atoms with van der Waals surface area (Å²) < 4.78 is 28.8. The summed E-state index contributed by atoms with van der Waals surface area (Å²) in [5, 5.41) is 2.39. The number of nitrogens with one attached hydrogen (secondary N) is 1. The highest BCUT2D eigenvalue weighted by Crippen LogP contribution is 2.21. The van der Waals surface area contributed by atoms with E-state index in [0.717, 1.165) is 0 Å². The quantitative estimate of drug-likeness (QED) is 0.841. The van der Waals surface area contributed by atoms with Crippen molar-refractivity contribution in [1.29, 1.82) is 0 Å². The van der Waals surface area contributed by atoms with Crippen molar-refractivity contribution in [1.82, 2.24) is 5.32 Å². The van der Waals surface area contributed by atoms with Crippen LogP contribution < -0.4 is 10.1 Å². The Balaban J connectivity index is 2.92. The van der Waals surface area contributed by atoms with Crippen molar-refractivity contribution in [3.05, 3.63) is 29.6 Å². The Morgan fingerprint density at radius 2 is 1.91 bits per heavy atom. The molecule has 0 spiro atoms. The van der Waals surface area contributed by atoms with Gasteiger partial charge in [-0.15, -0.1) is 0 Å². The first-order valence-corrected chi connectivity index (χ1v) is 7.06. The molecule has 1 atom stereocenters. The molecule has 0 radical (unpaired) electrons. The molecule has 1 rings (SSSR count). The van der Waals surface area contributed by atoms with Crippen LogP contribution in [0.5, 0.6) is 5.75 Å². The number of alkyl carbamates (subject to hydrolysis) is 1. The number of carbonyl (C=O) groups excluding carboxylic acids is 2. The molecular weight excluding hydrogens is 304 g/mol. The maximum absolute atomic E-state index is 14.2. The van der Waals surface area contributed by atoms with Gasteiger partial charge < -0.3 is 19.5 Å². The van der Waals surface area contributed by atoms with E-state index in [1.54, 1.807) is 26.8 Å². The first-order valence-electron chi connectivity index (χ1n) is 7.06. The van der Waals surface area contributed by atoms with Gasteiger partial charge in [0.25, 0.3) is 0 Å². The number of rotatable bonds is 5. The molecule has 23 heavy (non-hydrogen) atoms. The molecule has 0 heterocycles. The molecule has 1 unspecified atom stereocenters. The van der Waals surface area contributed by atoms with Crippen LogP contribution in [0.2, 0.25) is 0 Å². The predicted molar refractivity (Wildman–Crippen MR) is 81.8 cm³/mol. The number of methoxy groups -OCH3 is 2. The minimum absolute atomic E-state index is 0.0587. The van der Waals surface area contributed by atoms with E-state index in [-0.39, 0.29) is 17.7 Å². The Bertz CT molecular complexity index is 568. The van der Waals surface area contributed by atoms with Gasteiger partial charge in [-0.25, -0.2) is 14.0 Å². The molecule has 1 N–H and O–H groups in total. The first-order chi connectivity index (χ1) is 10.7. The maximum atomic E-state index is 14.2. The van der Waals surface area contributed by atoms with E-state index in [1.807, 2.05) is 0 Å². The Labute approximate surface area is 134 Å². The molecule has 0 aliphatic rings. The van der Waals surface area contributed by atoms with Gasteiger partial charge >= 0.3 is 12.1 Å². The minimum atomic E-state index is -1.07. The molecule has 0 aromatic heterocycles. The molecule has 0 fully saturated rings. The van der Waals surface area contributed by atoms with Crippen LogP contribution in [0.15, 0.2) is 18.2 Å². The van der Waals surface area contributed by atoms with Crippen LogP contribution in [-0.4, -0.2) is 37.9 Å². The van der Waals surface area contributed by atoms with Crippen LogP contribution in [-0.2, 0) is 20.7 Å². The number of benzene rings is 1. The monoisotopic (exact) mass is 326 g/mol. The maximum Gasteiger partial charge on any atom is 0.408 e. The number of hydrogen-bond acceptors (Lipinski definition) is 5. The van der Waals surface area contributed by atoms with Crippen molar-refractivity contribution < 1.29 is 28.2 Å². The van der Waals surface area contributed by atoms with Gasteiger partial charge in [0.2, 0.25) is 0 Å². The van der Waals surface area contributed by atoms with E-state index in [4.69, 9.17) is 9.47 Å². The highest BCUT2D eigenvalue weighted by Gasteiger charge is 2.26. The van der Waals surface area contributed by atoms with E-state index < -0.39 is 29.5 Å². The summed E-state index contributed by atoms with van der Waals surface area (Å²) in [5.41, 5.74) is -0.498. The van der Waals surface area contributed by atoms with Crippen molar-refractivity contribution in [2.45, 2.75) is 38.8 Å². The fourth-order valence-corrected chi connectivity index (χ4v) is 1.88. The summed E-state index contributed by atoms with van der Waals surface area (Å²) in [4.78, 5) is 23.7. The smallest absolute Gasteiger partial charge is 0.408 e. The van der Waals surface area contributed by atoms with Crippen molar-refractivity contribution >= 4 is 12.1 Å². The number of hydrogen-bond donors (Lipinski definition) is 1. The van der Waals surface area contributed by atoms with Gasteiger partial charge in [-0.2, -0.15) is 0 Å². The van der Waals surface area contributed by atoms with Gasteiger partial charge in [0.05, 0.1) is 14.2 Å². The van der Waals surface area contributed by atoms with Crippen LogP contribution in [0.25, 0.3) is 0 Å². The summed E-state index contributed by atoms with van der Waals surface area (Å²) in [6, 6.07) is 3.49. The van der Waals surface area contributed by atoms with E-state index >= 15 is 0 Å². The molecule has 0 saturated carbocycles. The van der Waals surface area contributed by atoms with Crippen molar-refractivity contribution in [3.63, 3.8) is 0 Å². The number of amides is 1. The third-order valence-corrected chi connectivity index (χ3v) is 2.86. The van der Waals surface area contributed by atoms with Crippen LogP contribution in [0, 0.1) is 5.82 Å². The van der Waals surface area contributed by atoms with E-state index in [9.17, 15) is 14.0 Å². The number of carbonyl (C=O) groups is 2. The summed E-state index contributed by atoms with van der Waals surface area (Å²) >= 11 is 0. The molecule has 0 bridgehead atoms. The Morgan fingerprint density at radius 1 is 1.26 bits per heavy atom. The lowest BCUT2D eigenvalue weighted by atomic mass is 10.0. The van der Waals surface area contributed by atoms with Crippen LogP contribution >= 0.6 is 0 Å². The van der Waals surface area contributed by atoms with Gasteiger partial charge in [0.1, 0.15) is 11.6 Å². The molecule has 7 heteroatoms. The standard InChI is InChI=1S/C16H22FNO5/c1-16(2,3)23-15(20)18-11(14(19)22-5)9-10-7-6-8-12(21-4)13(10)17/h6-8,11H,9H2,1-5H3,(H,18,20)/i17-1. The van der Waals surface area contributed by atoms with Crippen LogP contribution in [0.1, 0.15) is 26.3 Å². The first kappa shape index (κ1) is 18.7. The summed E-state index contributed by atoms with van der Waals surface area (Å²) in [7, 11) is 2.53. The number of esters is 1. The molecule has 128 valence electrons. The zero-order chi connectivity index (χ0) is 17.6. The van der Waals surface area contributed by atoms with Crippen molar-refractivity contribution in [2.75, 3.05) is 14.2 Å². The molecule has 0 aliphatic carbocycles. The zero-order valence-electron chi connectivity index (χ0n) is 13.9. The largest absolute Gasteiger partial charge is 0.494 e. The van der Waals surface area contributed by atoms with Gasteiger partial charge in [0, 0.05) is 6.42 Å². The Morgan fingerprint density at radius 3 is 2.43 bits per heavy atom. The average molecular weight is 326 g/mol. The average Bonchev–Trinajstić information content (AvgIpc) is 2.45. The topological polar surface area (TPSA) is 73.9 Å². The summed E-state index contributed by atoms with van der Waals surface area (Å²) in [5.74, 6) is -1.23. The third kappa shape index (κ3) is 5.77. The lowest BCUT2D eigenvalue weighted by Gasteiger charge is -2.22. The van der Waals surface area contributed by atoms with Gasteiger partial charge in [-0.05, 0) is 32.4 Å². The van der Waals surface area contributed by atoms with Gasteiger partial charge in [-0.1, -0.05) is 12.1 Å². The summed E-state index contributed by atoms with van der Waals surface area (Å²) in [6.07, 6.45) is -0.870. The second-order valence-corrected chi connectivity index (χ2v) is 5.86. The van der Waals surface area contributed by atoms with Crippen molar-refractivity contribution in [2.24, 2.45) is 0 Å². The van der Waals surface area contributed by atoms with Gasteiger partial charge in [-0.3, -0.25) is 0 Å². The predicted octanol–water partition coefficient (Wildman–Crippen LogP) is 2.44. The highest BCUT2D eigenvalue weighted by molar-refractivity contribution is 5.81. The lowest BCUT2D eigenvalue weighted by Crippen LogP contribution is -2.45. The normalized spacial score (nSPS) is 12.3. The highest BCUT2D eigenvalue weighted by atomic mass is 18.2. The van der Waals surface area contributed by atoms with E-state index in [2.05, 4.69) is 10.1 Å². The fraction of sp³-hybridized carbons (Fsp3) is 0.500. The summed E-state index contributed by atoms with van der Waals surface area (Å²) in [6.45, 7) is 5.09. The fourth-order valence-electron chi connectivity index (χ4n) is 1.88. The molecular formula is C16H22FNO5. The molecule has 1 aromatic rings. The van der Waals surface area contributed by atoms with Crippen LogP contribution in [0.3, 0.4) is 0 Å². The number of halogens is 1. The number of ether oxygens (including phenoxy) is 3. The van der Waals surface area contributed by atoms with Crippen molar-refractivity contribution in [3.8, 4) is 5.75 Å². The van der Waals surface area contributed by atoms with Crippen LogP contribution in [0.4, 0.5) is 9.18 Å². The van der Waals surface area contributed by atoms with Gasteiger partial charge in [0.15, 0.2) is 11.6 Å².